The molecule has 0 fully saturated rings. The lowest BCUT2D eigenvalue weighted by Gasteiger charge is -2.09. The molecule has 2 nitrogen and oxygen atoms in total. The highest BCUT2D eigenvalue weighted by atomic mass is 16.5. The number of hydrogen-bond donors (Lipinski definition) is 1. The largest absolute Gasteiger partial charge is 0.490 e. The van der Waals surface area contributed by atoms with E-state index in [4.69, 9.17) is 9.84 Å². The molecule has 1 N–H and O–H groups in total. The Labute approximate surface area is 84.5 Å². The molecule has 1 heterocycles. The molecule has 14 heavy (non-hydrogen) atoms. The molecule has 0 bridgehead atoms. The summed E-state index contributed by atoms with van der Waals surface area (Å²) in [6.07, 6.45) is 4.35. The number of ether oxygens (including phenoxy) is 1. The molecule has 1 unspecified atom stereocenters. The highest BCUT2D eigenvalue weighted by molar-refractivity contribution is 5.37. The summed E-state index contributed by atoms with van der Waals surface area (Å²) in [6, 6.07) is 8.22. The monoisotopic (exact) mass is 192 g/mol. The molecule has 1 aliphatic rings. The Morgan fingerprint density at radius 1 is 1.29 bits per heavy atom. The van der Waals surface area contributed by atoms with Gasteiger partial charge in [0.25, 0.3) is 0 Å². The molecule has 0 radical (unpaired) electrons. The summed E-state index contributed by atoms with van der Waals surface area (Å²) in [5.74, 6) is 1.04. The van der Waals surface area contributed by atoms with Gasteiger partial charge in [0.1, 0.15) is 11.9 Å². The summed E-state index contributed by atoms with van der Waals surface area (Å²) in [4.78, 5) is 0. The van der Waals surface area contributed by atoms with Crippen molar-refractivity contribution in [3.8, 4) is 5.75 Å². The number of rotatable bonds is 4. The molecular formula is C12H16O2. The molecule has 1 aromatic rings. The number of para-hydroxylation sites is 1. The Morgan fingerprint density at radius 3 is 2.93 bits per heavy atom. The van der Waals surface area contributed by atoms with Crippen LogP contribution in [-0.2, 0) is 6.42 Å². The van der Waals surface area contributed by atoms with Crippen molar-refractivity contribution >= 4 is 0 Å². The first-order valence-electron chi connectivity index (χ1n) is 5.25. The normalized spacial score (nSPS) is 19.1. The second-order valence-electron chi connectivity index (χ2n) is 3.77. The lowest BCUT2D eigenvalue weighted by Crippen LogP contribution is -2.12. The first kappa shape index (κ1) is 9.53. The molecular weight excluding hydrogens is 176 g/mol. The standard InChI is InChI=1S/C12H16O2/c13-8-4-3-6-11-9-10-5-1-2-7-12(10)14-11/h1-2,5,7,11,13H,3-4,6,8-9H2. The lowest BCUT2D eigenvalue weighted by molar-refractivity contribution is 0.208. The molecule has 2 heteroatoms. The minimum atomic E-state index is 0.291. The summed E-state index contributed by atoms with van der Waals surface area (Å²) in [5.41, 5.74) is 1.32. The van der Waals surface area contributed by atoms with Gasteiger partial charge in [0.05, 0.1) is 0 Å². The van der Waals surface area contributed by atoms with Crippen LogP contribution < -0.4 is 4.74 Å². The van der Waals surface area contributed by atoms with Gasteiger partial charge in [-0.05, 0) is 30.9 Å². The number of aliphatic hydroxyl groups is 1. The topological polar surface area (TPSA) is 29.5 Å². The van der Waals surface area contributed by atoms with Gasteiger partial charge in [-0.15, -0.1) is 0 Å². The Bertz CT molecular complexity index is 271. The highest BCUT2D eigenvalue weighted by Gasteiger charge is 2.21. The molecule has 1 aromatic carbocycles. The molecule has 0 amide bonds. The SMILES string of the molecule is OCCCCC1Cc2ccccc2O1. The second-order valence-corrected chi connectivity index (χ2v) is 3.77. The fraction of sp³-hybridized carbons (Fsp3) is 0.500. The number of fused-ring (bicyclic) bond motifs is 1. The summed E-state index contributed by atoms with van der Waals surface area (Å²) in [5, 5.41) is 8.67. The van der Waals surface area contributed by atoms with E-state index in [1.807, 2.05) is 12.1 Å². The predicted octanol–water partition coefficient (Wildman–Crippen LogP) is 2.15. The van der Waals surface area contributed by atoms with Crippen LogP contribution in [0.3, 0.4) is 0 Å². The summed E-state index contributed by atoms with van der Waals surface area (Å²) >= 11 is 0. The van der Waals surface area contributed by atoms with Crippen molar-refractivity contribution in [3.05, 3.63) is 29.8 Å². The third kappa shape index (κ3) is 2.07. The van der Waals surface area contributed by atoms with E-state index in [1.54, 1.807) is 0 Å². The fourth-order valence-electron chi connectivity index (χ4n) is 1.90. The van der Waals surface area contributed by atoms with Gasteiger partial charge >= 0.3 is 0 Å². The molecule has 0 saturated carbocycles. The van der Waals surface area contributed by atoms with Gasteiger partial charge in [0.15, 0.2) is 0 Å². The molecule has 1 aliphatic heterocycles. The van der Waals surface area contributed by atoms with Crippen LogP contribution >= 0.6 is 0 Å². The molecule has 76 valence electrons. The molecule has 0 spiro atoms. The van der Waals surface area contributed by atoms with Crippen LogP contribution in [0, 0.1) is 0 Å². The van der Waals surface area contributed by atoms with Crippen molar-refractivity contribution in [2.75, 3.05) is 6.61 Å². The van der Waals surface area contributed by atoms with E-state index in [9.17, 15) is 0 Å². The lowest BCUT2D eigenvalue weighted by atomic mass is 10.1. The van der Waals surface area contributed by atoms with Gasteiger partial charge < -0.3 is 9.84 Å². The van der Waals surface area contributed by atoms with Gasteiger partial charge in [-0.1, -0.05) is 18.2 Å². The molecule has 0 aromatic heterocycles. The maximum Gasteiger partial charge on any atom is 0.123 e. The van der Waals surface area contributed by atoms with Crippen LogP contribution in [0.1, 0.15) is 24.8 Å². The van der Waals surface area contributed by atoms with Crippen LogP contribution in [0.15, 0.2) is 24.3 Å². The smallest absolute Gasteiger partial charge is 0.123 e. The minimum absolute atomic E-state index is 0.291. The van der Waals surface area contributed by atoms with E-state index in [2.05, 4.69) is 12.1 Å². The molecule has 0 saturated heterocycles. The first-order chi connectivity index (χ1) is 6.90. The zero-order valence-electron chi connectivity index (χ0n) is 8.28. The van der Waals surface area contributed by atoms with E-state index in [0.717, 1.165) is 31.4 Å². The Balaban J connectivity index is 1.86. The Morgan fingerprint density at radius 2 is 2.14 bits per heavy atom. The number of benzene rings is 1. The third-order valence-electron chi connectivity index (χ3n) is 2.65. The molecule has 0 aliphatic carbocycles. The zero-order chi connectivity index (χ0) is 9.80. The Kier molecular flexibility index (Phi) is 3.04. The van der Waals surface area contributed by atoms with E-state index in [1.165, 1.54) is 5.56 Å². The summed E-state index contributed by atoms with van der Waals surface area (Å²) in [7, 11) is 0. The highest BCUT2D eigenvalue weighted by Crippen LogP contribution is 2.29. The number of unbranched alkanes of at least 4 members (excludes halogenated alkanes) is 1. The van der Waals surface area contributed by atoms with Gasteiger partial charge in [0, 0.05) is 13.0 Å². The fourth-order valence-corrected chi connectivity index (χ4v) is 1.90. The predicted molar refractivity (Wildman–Crippen MR) is 55.5 cm³/mol. The van der Waals surface area contributed by atoms with Crippen LogP contribution in [0.5, 0.6) is 5.75 Å². The number of aliphatic hydroxyl groups excluding tert-OH is 1. The van der Waals surface area contributed by atoms with Gasteiger partial charge in [-0.2, -0.15) is 0 Å². The van der Waals surface area contributed by atoms with E-state index in [0.29, 0.717) is 12.7 Å². The Hall–Kier alpha value is -1.02. The third-order valence-corrected chi connectivity index (χ3v) is 2.65. The van der Waals surface area contributed by atoms with Crippen molar-refractivity contribution in [2.45, 2.75) is 31.8 Å². The minimum Gasteiger partial charge on any atom is -0.490 e. The first-order valence-corrected chi connectivity index (χ1v) is 5.25. The maximum absolute atomic E-state index is 8.67. The van der Waals surface area contributed by atoms with E-state index in [-0.39, 0.29) is 0 Å². The molecule has 2 rings (SSSR count). The van der Waals surface area contributed by atoms with Gasteiger partial charge in [-0.3, -0.25) is 0 Å². The average Bonchev–Trinajstić information content (AvgIpc) is 2.60. The summed E-state index contributed by atoms with van der Waals surface area (Å²) < 4.78 is 5.77. The van der Waals surface area contributed by atoms with Gasteiger partial charge in [-0.25, -0.2) is 0 Å². The van der Waals surface area contributed by atoms with Crippen molar-refractivity contribution in [1.82, 2.24) is 0 Å². The molecule has 1 atom stereocenters. The van der Waals surface area contributed by atoms with Crippen LogP contribution in [0.25, 0.3) is 0 Å². The van der Waals surface area contributed by atoms with Crippen LogP contribution in [0.2, 0.25) is 0 Å². The average molecular weight is 192 g/mol. The van der Waals surface area contributed by atoms with Crippen molar-refractivity contribution in [3.63, 3.8) is 0 Å². The quantitative estimate of drug-likeness (QED) is 0.741. The second kappa shape index (κ2) is 4.47. The van der Waals surface area contributed by atoms with E-state index >= 15 is 0 Å². The van der Waals surface area contributed by atoms with Crippen molar-refractivity contribution in [1.29, 1.82) is 0 Å². The van der Waals surface area contributed by atoms with Crippen LogP contribution in [-0.4, -0.2) is 17.8 Å². The van der Waals surface area contributed by atoms with Crippen LogP contribution in [0.4, 0.5) is 0 Å². The zero-order valence-corrected chi connectivity index (χ0v) is 8.28. The van der Waals surface area contributed by atoms with Crippen molar-refractivity contribution < 1.29 is 9.84 Å². The van der Waals surface area contributed by atoms with E-state index < -0.39 is 0 Å². The summed E-state index contributed by atoms with van der Waals surface area (Å²) in [6.45, 7) is 0.291. The number of hydrogen-bond acceptors (Lipinski definition) is 2. The van der Waals surface area contributed by atoms with Crippen molar-refractivity contribution in [2.24, 2.45) is 0 Å². The van der Waals surface area contributed by atoms with Gasteiger partial charge in [0.2, 0.25) is 0 Å². The maximum atomic E-state index is 8.67.